The Kier molecular flexibility index (Phi) is 8.02. The van der Waals surface area contributed by atoms with Crippen LogP contribution < -0.4 is 24.4 Å². The number of benzene rings is 2. The van der Waals surface area contributed by atoms with Crippen LogP contribution in [0.15, 0.2) is 61.9 Å². The van der Waals surface area contributed by atoms with E-state index in [1.54, 1.807) is 38.1 Å². The maximum atomic E-state index is 13.8. The van der Waals surface area contributed by atoms with Crippen molar-refractivity contribution < 1.29 is 19.0 Å². The highest BCUT2D eigenvalue weighted by Gasteiger charge is 2.35. The van der Waals surface area contributed by atoms with Crippen molar-refractivity contribution >= 4 is 50.9 Å². The molecule has 10 heteroatoms. The summed E-state index contributed by atoms with van der Waals surface area (Å²) >= 11 is 11.2. The number of carbonyl (C=O) groups is 1. The van der Waals surface area contributed by atoms with E-state index in [1.807, 2.05) is 25.1 Å². The second-order valence-corrected chi connectivity index (χ2v) is 10.1. The van der Waals surface area contributed by atoms with E-state index in [0.29, 0.717) is 53.8 Å². The maximum Gasteiger partial charge on any atom is 0.338 e. The summed E-state index contributed by atoms with van der Waals surface area (Å²) in [6.45, 7) is 5.99. The Balaban J connectivity index is 2.01. The molecule has 0 saturated carbocycles. The molecular formula is C26H24BrClN2O5S. The predicted octanol–water partition coefficient (Wildman–Crippen LogP) is 4.62. The van der Waals surface area contributed by atoms with Crippen LogP contribution in [0.3, 0.4) is 0 Å². The molecule has 0 N–H and O–H groups in total. The van der Waals surface area contributed by atoms with Gasteiger partial charge in [-0.15, -0.1) is 0 Å². The minimum Gasteiger partial charge on any atom is -0.493 e. The standard InChI is InChI=1S/C26H24BrClN2O5S/c1-5-34-20-13-17(27)16(12-19(20)33-4)23-22(25(32)35-6-2)14(3)29-26-30(23)24(31)21(36-26)11-15-9-7-8-10-18(15)28/h7-13,23H,5-6H2,1-4H3/b21-11+/t23-/m0/s1. The number of rotatable bonds is 7. The third-order valence-corrected chi connectivity index (χ3v) is 7.60. The lowest BCUT2D eigenvalue weighted by Gasteiger charge is -2.26. The molecule has 188 valence electrons. The molecule has 0 amide bonds. The first-order valence-corrected chi connectivity index (χ1v) is 13.2. The Morgan fingerprint density at radius 3 is 2.64 bits per heavy atom. The van der Waals surface area contributed by atoms with E-state index >= 15 is 0 Å². The molecule has 0 unspecified atom stereocenters. The maximum absolute atomic E-state index is 13.8. The molecule has 0 saturated heterocycles. The van der Waals surface area contributed by atoms with E-state index in [4.69, 9.17) is 25.8 Å². The van der Waals surface area contributed by atoms with E-state index < -0.39 is 12.0 Å². The van der Waals surface area contributed by atoms with E-state index in [9.17, 15) is 9.59 Å². The fourth-order valence-electron chi connectivity index (χ4n) is 4.01. The van der Waals surface area contributed by atoms with Crippen LogP contribution in [0.2, 0.25) is 5.02 Å². The van der Waals surface area contributed by atoms with Gasteiger partial charge in [0.05, 0.1) is 42.2 Å². The monoisotopic (exact) mass is 590 g/mol. The van der Waals surface area contributed by atoms with Gasteiger partial charge in [-0.05, 0) is 56.2 Å². The zero-order valence-electron chi connectivity index (χ0n) is 20.1. The Morgan fingerprint density at radius 1 is 1.22 bits per heavy atom. The van der Waals surface area contributed by atoms with Crippen molar-refractivity contribution in [3.8, 4) is 11.5 Å². The van der Waals surface area contributed by atoms with Gasteiger partial charge in [0.2, 0.25) is 0 Å². The Morgan fingerprint density at radius 2 is 1.97 bits per heavy atom. The lowest BCUT2D eigenvalue weighted by molar-refractivity contribution is -0.139. The summed E-state index contributed by atoms with van der Waals surface area (Å²) in [5.41, 5.74) is 1.81. The van der Waals surface area contributed by atoms with Crippen LogP contribution in [0.5, 0.6) is 11.5 Å². The van der Waals surface area contributed by atoms with Crippen molar-refractivity contribution in [3.05, 3.63) is 88.0 Å². The van der Waals surface area contributed by atoms with Crippen molar-refractivity contribution in [2.75, 3.05) is 20.3 Å². The Bertz CT molecular complexity index is 1540. The minimum absolute atomic E-state index is 0.188. The van der Waals surface area contributed by atoms with Crippen LogP contribution in [0, 0.1) is 0 Å². The molecule has 1 aliphatic rings. The van der Waals surface area contributed by atoms with Crippen molar-refractivity contribution in [1.82, 2.24) is 4.57 Å². The first-order chi connectivity index (χ1) is 17.3. The molecule has 0 radical (unpaired) electrons. The third-order valence-electron chi connectivity index (χ3n) is 5.59. The van der Waals surface area contributed by atoms with Gasteiger partial charge in [-0.3, -0.25) is 9.36 Å². The van der Waals surface area contributed by atoms with Gasteiger partial charge < -0.3 is 14.2 Å². The van der Waals surface area contributed by atoms with Crippen LogP contribution in [0.25, 0.3) is 6.08 Å². The van der Waals surface area contributed by atoms with Gasteiger partial charge in [-0.2, -0.15) is 0 Å². The molecule has 0 bridgehead atoms. The van der Waals surface area contributed by atoms with Gasteiger partial charge in [0.25, 0.3) is 5.56 Å². The zero-order valence-corrected chi connectivity index (χ0v) is 23.3. The first-order valence-electron chi connectivity index (χ1n) is 11.2. The number of esters is 1. The summed E-state index contributed by atoms with van der Waals surface area (Å²) in [7, 11) is 1.54. The second kappa shape index (κ2) is 11.0. The summed E-state index contributed by atoms with van der Waals surface area (Å²) in [6, 6.07) is 10.0. The number of hydrogen-bond donors (Lipinski definition) is 0. The number of aromatic nitrogens is 1. The van der Waals surface area contributed by atoms with Crippen LogP contribution >= 0.6 is 38.9 Å². The van der Waals surface area contributed by atoms with Gasteiger partial charge in [0.15, 0.2) is 16.3 Å². The number of carbonyl (C=O) groups excluding carboxylic acids is 1. The van der Waals surface area contributed by atoms with Crippen LogP contribution in [0.4, 0.5) is 0 Å². The molecular weight excluding hydrogens is 568 g/mol. The van der Waals surface area contributed by atoms with Crippen molar-refractivity contribution in [3.63, 3.8) is 0 Å². The molecule has 4 rings (SSSR count). The van der Waals surface area contributed by atoms with Crippen LogP contribution in [-0.2, 0) is 9.53 Å². The highest BCUT2D eigenvalue weighted by molar-refractivity contribution is 9.10. The third kappa shape index (κ3) is 4.87. The smallest absolute Gasteiger partial charge is 0.338 e. The fraction of sp³-hybridized carbons (Fsp3) is 0.269. The average molecular weight is 592 g/mol. The summed E-state index contributed by atoms with van der Waals surface area (Å²) in [6.07, 6.45) is 1.74. The minimum atomic E-state index is -0.798. The highest BCUT2D eigenvalue weighted by atomic mass is 79.9. The number of nitrogens with zero attached hydrogens (tertiary/aromatic N) is 2. The van der Waals surface area contributed by atoms with Crippen molar-refractivity contribution in [1.29, 1.82) is 0 Å². The molecule has 0 aliphatic carbocycles. The molecule has 2 heterocycles. The van der Waals surface area contributed by atoms with E-state index in [0.717, 1.165) is 0 Å². The molecule has 36 heavy (non-hydrogen) atoms. The van der Waals surface area contributed by atoms with Gasteiger partial charge in [-0.25, -0.2) is 9.79 Å². The summed E-state index contributed by atoms with van der Waals surface area (Å²) in [4.78, 5) is 32.0. The number of thiazole rings is 1. The average Bonchev–Trinajstić information content (AvgIpc) is 3.14. The molecule has 1 atom stereocenters. The molecule has 1 aliphatic heterocycles. The van der Waals surface area contributed by atoms with Crippen LogP contribution in [0.1, 0.15) is 37.9 Å². The van der Waals surface area contributed by atoms with E-state index in [2.05, 4.69) is 20.9 Å². The van der Waals surface area contributed by atoms with Gasteiger partial charge in [0, 0.05) is 9.50 Å². The Hall–Kier alpha value is -2.88. The lowest BCUT2D eigenvalue weighted by Crippen LogP contribution is -2.40. The quantitative estimate of drug-likeness (QED) is 0.375. The molecule has 0 spiro atoms. The second-order valence-electron chi connectivity index (χ2n) is 7.78. The Labute approximate surface area is 225 Å². The summed E-state index contributed by atoms with van der Waals surface area (Å²) < 4.78 is 19.2. The normalized spacial score (nSPS) is 15.4. The van der Waals surface area contributed by atoms with Gasteiger partial charge >= 0.3 is 5.97 Å². The van der Waals surface area contributed by atoms with E-state index in [1.165, 1.54) is 23.0 Å². The summed E-state index contributed by atoms with van der Waals surface area (Å²) in [5.74, 6) is 0.482. The largest absolute Gasteiger partial charge is 0.493 e. The topological polar surface area (TPSA) is 79.1 Å². The number of hydrogen-bond acceptors (Lipinski definition) is 7. The predicted molar refractivity (Wildman–Crippen MR) is 144 cm³/mol. The van der Waals surface area contributed by atoms with Crippen molar-refractivity contribution in [2.24, 2.45) is 4.99 Å². The molecule has 1 aromatic heterocycles. The molecule has 3 aromatic rings. The van der Waals surface area contributed by atoms with Crippen molar-refractivity contribution in [2.45, 2.75) is 26.8 Å². The van der Waals surface area contributed by atoms with Gasteiger partial charge in [-0.1, -0.05) is 57.1 Å². The van der Waals surface area contributed by atoms with E-state index in [-0.39, 0.29) is 17.7 Å². The molecule has 2 aromatic carbocycles. The number of fused-ring (bicyclic) bond motifs is 1. The lowest BCUT2D eigenvalue weighted by atomic mass is 9.95. The highest BCUT2D eigenvalue weighted by Crippen LogP contribution is 2.41. The molecule has 0 fully saturated rings. The van der Waals surface area contributed by atoms with Gasteiger partial charge in [0.1, 0.15) is 0 Å². The SMILES string of the molecule is CCOC(=O)C1=C(C)N=c2s/c(=C/c3ccccc3Cl)c(=O)n2[C@H]1c1cc(OC)c(OCC)cc1Br. The fourth-order valence-corrected chi connectivity index (χ4v) is 5.77. The number of allylic oxidation sites excluding steroid dienone is 1. The zero-order chi connectivity index (χ0) is 26.0. The number of halogens is 2. The number of ether oxygens (including phenoxy) is 3. The van der Waals surface area contributed by atoms with Crippen LogP contribution in [-0.4, -0.2) is 30.9 Å². The first kappa shape index (κ1) is 26.2. The molecule has 7 nitrogen and oxygen atoms in total. The summed E-state index contributed by atoms with van der Waals surface area (Å²) in [5, 5.41) is 0.530. The number of methoxy groups -OCH3 is 1.